The van der Waals surface area contributed by atoms with Crippen LogP contribution in [0.1, 0.15) is 41.0 Å². The summed E-state index contributed by atoms with van der Waals surface area (Å²) in [4.78, 5) is 32.0. The lowest BCUT2D eigenvalue weighted by molar-refractivity contribution is 0.0600. The summed E-state index contributed by atoms with van der Waals surface area (Å²) in [6.45, 7) is 4.08. The van der Waals surface area contributed by atoms with Crippen LogP contribution in [-0.2, 0) is 4.74 Å². The van der Waals surface area contributed by atoms with E-state index >= 15 is 0 Å². The number of anilines is 2. The highest BCUT2D eigenvalue weighted by atomic mass is 16.5. The van der Waals surface area contributed by atoms with Crippen molar-refractivity contribution in [3.63, 3.8) is 0 Å². The fourth-order valence-electron chi connectivity index (χ4n) is 1.89. The number of ether oxygens (including phenoxy) is 1. The molecule has 1 atom stereocenters. The molecule has 126 valence electrons. The summed E-state index contributed by atoms with van der Waals surface area (Å²) in [5.41, 5.74) is 1.18. The van der Waals surface area contributed by atoms with Crippen LogP contribution in [-0.4, -0.2) is 35.0 Å². The van der Waals surface area contributed by atoms with Crippen molar-refractivity contribution in [2.75, 3.05) is 17.7 Å². The van der Waals surface area contributed by atoms with Crippen LogP contribution in [0.25, 0.3) is 0 Å². The maximum Gasteiger partial charge on any atom is 0.337 e. The third-order valence-corrected chi connectivity index (χ3v) is 3.44. The van der Waals surface area contributed by atoms with E-state index in [0.29, 0.717) is 22.8 Å². The highest BCUT2D eigenvalue weighted by Crippen LogP contribution is 2.13. The van der Waals surface area contributed by atoms with Crippen LogP contribution < -0.4 is 10.6 Å². The largest absolute Gasteiger partial charge is 0.465 e. The van der Waals surface area contributed by atoms with Crippen LogP contribution >= 0.6 is 0 Å². The van der Waals surface area contributed by atoms with Crippen molar-refractivity contribution in [3.05, 3.63) is 47.8 Å². The van der Waals surface area contributed by atoms with E-state index < -0.39 is 5.97 Å². The van der Waals surface area contributed by atoms with E-state index in [9.17, 15) is 9.59 Å². The summed E-state index contributed by atoms with van der Waals surface area (Å²) in [7, 11) is 1.31. The van der Waals surface area contributed by atoms with Gasteiger partial charge in [0.2, 0.25) is 5.95 Å². The molecule has 1 heterocycles. The highest BCUT2D eigenvalue weighted by molar-refractivity contribution is 6.04. The molecule has 2 rings (SSSR count). The topological polar surface area (TPSA) is 93.2 Å². The highest BCUT2D eigenvalue weighted by Gasteiger charge is 2.11. The number of amides is 1. The third-order valence-electron chi connectivity index (χ3n) is 3.44. The number of aromatic nitrogens is 2. The average Bonchev–Trinajstić information content (AvgIpc) is 2.61. The lowest BCUT2D eigenvalue weighted by Crippen LogP contribution is -2.17. The first-order valence-corrected chi connectivity index (χ1v) is 7.61. The second-order valence-corrected chi connectivity index (χ2v) is 5.28. The van der Waals surface area contributed by atoms with E-state index in [1.165, 1.54) is 19.5 Å². The van der Waals surface area contributed by atoms with E-state index in [1.54, 1.807) is 24.3 Å². The van der Waals surface area contributed by atoms with Crippen molar-refractivity contribution in [2.45, 2.75) is 26.3 Å². The van der Waals surface area contributed by atoms with Crippen LogP contribution in [0.2, 0.25) is 0 Å². The van der Waals surface area contributed by atoms with Gasteiger partial charge in [-0.1, -0.05) is 13.0 Å². The van der Waals surface area contributed by atoms with Gasteiger partial charge in [-0.05, 0) is 31.5 Å². The zero-order chi connectivity index (χ0) is 17.5. The molecule has 1 unspecified atom stereocenters. The molecular weight excluding hydrogens is 308 g/mol. The van der Waals surface area contributed by atoms with Gasteiger partial charge in [0.1, 0.15) is 0 Å². The molecule has 0 aliphatic carbocycles. The van der Waals surface area contributed by atoms with E-state index in [-0.39, 0.29) is 11.9 Å². The number of methoxy groups -OCH3 is 1. The minimum atomic E-state index is -0.463. The van der Waals surface area contributed by atoms with Crippen molar-refractivity contribution in [3.8, 4) is 0 Å². The van der Waals surface area contributed by atoms with Gasteiger partial charge in [-0.2, -0.15) is 0 Å². The van der Waals surface area contributed by atoms with Gasteiger partial charge in [0.15, 0.2) is 0 Å². The molecule has 1 amide bonds. The zero-order valence-corrected chi connectivity index (χ0v) is 13.9. The summed E-state index contributed by atoms with van der Waals surface area (Å²) in [6, 6.07) is 6.76. The lowest BCUT2D eigenvalue weighted by Gasteiger charge is -2.11. The van der Waals surface area contributed by atoms with Crippen LogP contribution in [0, 0.1) is 0 Å². The molecule has 7 heteroatoms. The monoisotopic (exact) mass is 328 g/mol. The Labute approximate surface area is 140 Å². The van der Waals surface area contributed by atoms with Gasteiger partial charge in [0.25, 0.3) is 5.91 Å². The number of nitrogens with zero attached hydrogens (tertiary/aromatic N) is 2. The number of carbonyl (C=O) groups excluding carboxylic acids is 2. The van der Waals surface area contributed by atoms with Crippen molar-refractivity contribution in [2.24, 2.45) is 0 Å². The van der Waals surface area contributed by atoms with Gasteiger partial charge in [-0.15, -0.1) is 0 Å². The molecule has 0 radical (unpaired) electrons. The van der Waals surface area contributed by atoms with E-state index in [0.717, 1.165) is 6.42 Å². The Morgan fingerprint density at radius 3 is 2.54 bits per heavy atom. The normalized spacial score (nSPS) is 11.5. The molecule has 24 heavy (non-hydrogen) atoms. The van der Waals surface area contributed by atoms with E-state index in [4.69, 9.17) is 0 Å². The fraction of sp³-hybridized carbons (Fsp3) is 0.294. The number of hydrogen-bond acceptors (Lipinski definition) is 6. The molecule has 0 bridgehead atoms. The third kappa shape index (κ3) is 4.52. The Hall–Kier alpha value is -2.96. The van der Waals surface area contributed by atoms with Crippen molar-refractivity contribution in [1.82, 2.24) is 9.97 Å². The van der Waals surface area contributed by atoms with Gasteiger partial charge >= 0.3 is 5.97 Å². The van der Waals surface area contributed by atoms with E-state index in [1.807, 2.05) is 6.92 Å². The molecule has 2 N–H and O–H groups in total. The number of nitrogens with one attached hydrogen (secondary N) is 2. The van der Waals surface area contributed by atoms with Gasteiger partial charge in [0.05, 0.1) is 18.2 Å². The van der Waals surface area contributed by atoms with Gasteiger partial charge in [-0.3, -0.25) is 4.79 Å². The van der Waals surface area contributed by atoms with Crippen molar-refractivity contribution < 1.29 is 14.3 Å². The molecule has 0 aliphatic rings. The molecule has 7 nitrogen and oxygen atoms in total. The van der Waals surface area contributed by atoms with Crippen LogP contribution in [0.5, 0.6) is 0 Å². The van der Waals surface area contributed by atoms with Crippen LogP contribution in [0.3, 0.4) is 0 Å². The second-order valence-electron chi connectivity index (χ2n) is 5.28. The smallest absolute Gasteiger partial charge is 0.337 e. The van der Waals surface area contributed by atoms with Crippen molar-refractivity contribution >= 4 is 23.5 Å². The molecule has 1 aromatic heterocycles. The predicted molar refractivity (Wildman–Crippen MR) is 91.1 cm³/mol. The van der Waals surface area contributed by atoms with Gasteiger partial charge in [-0.25, -0.2) is 14.8 Å². The Bertz CT molecular complexity index is 716. The number of rotatable bonds is 6. The number of esters is 1. The van der Waals surface area contributed by atoms with Crippen LogP contribution in [0.4, 0.5) is 11.6 Å². The number of hydrogen-bond donors (Lipinski definition) is 2. The van der Waals surface area contributed by atoms with Crippen molar-refractivity contribution in [1.29, 1.82) is 0 Å². The standard InChI is InChI=1S/C17H20N4O3/c1-4-11(2)20-17-18-9-13(10-19-17)15(22)21-14-7-5-6-12(8-14)16(23)24-3/h5-11H,4H2,1-3H3,(H,21,22)(H,18,19,20). The Kier molecular flexibility index (Phi) is 5.83. The van der Waals surface area contributed by atoms with Crippen LogP contribution in [0.15, 0.2) is 36.7 Å². The minimum Gasteiger partial charge on any atom is -0.465 e. The van der Waals surface area contributed by atoms with Gasteiger partial charge < -0.3 is 15.4 Å². The maximum absolute atomic E-state index is 12.2. The Morgan fingerprint density at radius 1 is 1.21 bits per heavy atom. The molecule has 0 spiro atoms. The predicted octanol–water partition coefficient (Wildman–Crippen LogP) is 2.73. The minimum absolute atomic E-state index is 0.255. The number of carbonyl (C=O) groups is 2. The SMILES string of the molecule is CCC(C)Nc1ncc(C(=O)Nc2cccc(C(=O)OC)c2)cn1. The molecule has 0 saturated heterocycles. The first-order valence-electron chi connectivity index (χ1n) is 7.61. The number of benzene rings is 1. The first kappa shape index (κ1) is 17.4. The summed E-state index contributed by atoms with van der Waals surface area (Å²) < 4.78 is 4.66. The van der Waals surface area contributed by atoms with E-state index in [2.05, 4.69) is 32.3 Å². The summed E-state index contributed by atoms with van der Waals surface area (Å²) >= 11 is 0. The molecule has 0 fully saturated rings. The molecule has 1 aromatic carbocycles. The van der Waals surface area contributed by atoms with Gasteiger partial charge in [0, 0.05) is 24.1 Å². The zero-order valence-electron chi connectivity index (χ0n) is 13.9. The molecular formula is C17H20N4O3. The second kappa shape index (κ2) is 8.05. The summed E-state index contributed by atoms with van der Waals surface area (Å²) in [5, 5.41) is 5.83. The fourth-order valence-corrected chi connectivity index (χ4v) is 1.89. The summed E-state index contributed by atoms with van der Waals surface area (Å²) in [6.07, 6.45) is 3.86. The Balaban J connectivity index is 2.06. The lowest BCUT2D eigenvalue weighted by atomic mass is 10.2. The maximum atomic E-state index is 12.2. The quantitative estimate of drug-likeness (QED) is 0.792. The Morgan fingerprint density at radius 2 is 1.92 bits per heavy atom. The molecule has 0 aliphatic heterocycles. The first-order chi connectivity index (χ1) is 11.5. The molecule has 0 saturated carbocycles. The average molecular weight is 328 g/mol. The molecule has 2 aromatic rings. The summed E-state index contributed by atoms with van der Waals surface area (Å²) in [5.74, 6) is -0.337.